The van der Waals surface area contributed by atoms with Crippen LogP contribution in [-0.2, 0) is 28.6 Å². The van der Waals surface area contributed by atoms with Crippen molar-refractivity contribution in [3.8, 4) is 0 Å². The smallest absolute Gasteiger partial charge is 0.308 e. The molecule has 0 bridgehead atoms. The molecule has 21 heavy (non-hydrogen) atoms. The Morgan fingerprint density at radius 2 is 0.905 bits per heavy atom. The van der Waals surface area contributed by atoms with Crippen molar-refractivity contribution < 1.29 is 28.6 Å². The zero-order valence-corrected chi connectivity index (χ0v) is 12.9. The van der Waals surface area contributed by atoms with Gasteiger partial charge in [0.1, 0.15) is 0 Å². The van der Waals surface area contributed by atoms with E-state index < -0.39 is 17.8 Å². The first-order valence-corrected chi connectivity index (χ1v) is 7.53. The molecule has 1 aliphatic carbocycles. The Bertz CT molecular complexity index is 315. The molecule has 0 atom stereocenters. The van der Waals surface area contributed by atoms with E-state index >= 15 is 0 Å². The molecule has 1 saturated carbocycles. The van der Waals surface area contributed by atoms with Crippen molar-refractivity contribution in [2.75, 3.05) is 19.8 Å². The van der Waals surface area contributed by atoms with E-state index in [1.54, 1.807) is 20.8 Å². The van der Waals surface area contributed by atoms with Gasteiger partial charge in [-0.2, -0.15) is 0 Å². The predicted octanol–water partition coefficient (Wildman–Crippen LogP) is 1.71. The molecule has 0 aliphatic heterocycles. The van der Waals surface area contributed by atoms with Crippen LogP contribution in [0.3, 0.4) is 0 Å². The summed E-state index contributed by atoms with van der Waals surface area (Å²) in [6, 6.07) is 0. The van der Waals surface area contributed by atoms with Gasteiger partial charge in [0.2, 0.25) is 0 Å². The molecule has 0 N–H and O–H groups in total. The second-order valence-electron chi connectivity index (χ2n) is 5.05. The molecule has 0 radical (unpaired) electrons. The first-order chi connectivity index (χ1) is 10.0. The van der Waals surface area contributed by atoms with Gasteiger partial charge in [0.05, 0.1) is 37.6 Å². The van der Waals surface area contributed by atoms with E-state index in [1.807, 2.05) is 0 Å². The Balaban J connectivity index is 2.79. The van der Waals surface area contributed by atoms with Crippen LogP contribution in [0.1, 0.15) is 40.0 Å². The molecule has 0 spiro atoms. The topological polar surface area (TPSA) is 78.9 Å². The van der Waals surface area contributed by atoms with Crippen LogP contribution in [0.2, 0.25) is 0 Å². The molecule has 0 saturated heterocycles. The third-order valence-electron chi connectivity index (χ3n) is 3.57. The lowest BCUT2D eigenvalue weighted by Crippen LogP contribution is -2.37. The molecular formula is C15H24O6. The van der Waals surface area contributed by atoms with Crippen molar-refractivity contribution >= 4 is 17.9 Å². The van der Waals surface area contributed by atoms with Crippen molar-refractivity contribution in [3.05, 3.63) is 0 Å². The number of hydrogen-bond donors (Lipinski definition) is 0. The molecule has 1 aliphatic rings. The summed E-state index contributed by atoms with van der Waals surface area (Å²) in [7, 11) is 0. The minimum absolute atomic E-state index is 0.281. The van der Waals surface area contributed by atoms with Crippen LogP contribution in [0, 0.1) is 17.8 Å². The van der Waals surface area contributed by atoms with Crippen LogP contribution < -0.4 is 0 Å². The predicted molar refractivity (Wildman–Crippen MR) is 74.2 cm³/mol. The highest BCUT2D eigenvalue weighted by Crippen LogP contribution is 2.35. The number of carbonyl (C=O) groups excluding carboxylic acids is 3. The third kappa shape index (κ3) is 5.02. The van der Waals surface area contributed by atoms with Crippen molar-refractivity contribution in [1.29, 1.82) is 0 Å². The fourth-order valence-electron chi connectivity index (χ4n) is 2.68. The van der Waals surface area contributed by atoms with Crippen LogP contribution in [0.15, 0.2) is 0 Å². The number of carbonyl (C=O) groups is 3. The van der Waals surface area contributed by atoms with Gasteiger partial charge in [0.25, 0.3) is 0 Å². The van der Waals surface area contributed by atoms with E-state index in [9.17, 15) is 14.4 Å². The Morgan fingerprint density at radius 1 is 0.667 bits per heavy atom. The largest absolute Gasteiger partial charge is 0.466 e. The second kappa shape index (κ2) is 8.64. The molecule has 1 fully saturated rings. The normalized spacial score (nSPS) is 25.0. The maximum atomic E-state index is 11.9. The van der Waals surface area contributed by atoms with Gasteiger partial charge >= 0.3 is 17.9 Å². The van der Waals surface area contributed by atoms with Gasteiger partial charge in [0.15, 0.2) is 0 Å². The molecular weight excluding hydrogens is 276 g/mol. The van der Waals surface area contributed by atoms with Gasteiger partial charge < -0.3 is 14.2 Å². The van der Waals surface area contributed by atoms with Gasteiger partial charge in [0, 0.05) is 0 Å². The molecule has 1 rings (SSSR count). The van der Waals surface area contributed by atoms with Crippen LogP contribution >= 0.6 is 0 Å². The minimum Gasteiger partial charge on any atom is -0.466 e. The van der Waals surface area contributed by atoms with E-state index in [2.05, 4.69) is 0 Å². The summed E-state index contributed by atoms with van der Waals surface area (Å²) < 4.78 is 15.0. The maximum absolute atomic E-state index is 11.9. The van der Waals surface area contributed by atoms with Gasteiger partial charge in [-0.25, -0.2) is 0 Å². The Kier molecular flexibility index (Phi) is 7.19. The van der Waals surface area contributed by atoms with E-state index in [4.69, 9.17) is 14.2 Å². The van der Waals surface area contributed by atoms with Crippen molar-refractivity contribution in [2.24, 2.45) is 17.8 Å². The number of hydrogen-bond acceptors (Lipinski definition) is 6. The maximum Gasteiger partial charge on any atom is 0.308 e. The number of rotatable bonds is 6. The molecule has 0 unspecified atom stereocenters. The summed E-state index contributed by atoms with van der Waals surface area (Å²) in [4.78, 5) is 35.8. The van der Waals surface area contributed by atoms with Crippen LogP contribution in [0.5, 0.6) is 0 Å². The lowest BCUT2D eigenvalue weighted by atomic mass is 9.75. The van der Waals surface area contributed by atoms with Gasteiger partial charge in [-0.1, -0.05) is 0 Å². The average molecular weight is 300 g/mol. The summed E-state index contributed by atoms with van der Waals surface area (Å²) in [5, 5.41) is 0. The van der Waals surface area contributed by atoms with Crippen LogP contribution in [0.4, 0.5) is 0 Å². The molecule has 0 aromatic rings. The van der Waals surface area contributed by atoms with E-state index in [0.29, 0.717) is 19.3 Å². The highest BCUT2D eigenvalue weighted by molar-refractivity contribution is 5.80. The summed E-state index contributed by atoms with van der Waals surface area (Å²) in [6.07, 6.45) is 1.11. The van der Waals surface area contributed by atoms with Crippen molar-refractivity contribution in [3.63, 3.8) is 0 Å². The van der Waals surface area contributed by atoms with E-state index in [0.717, 1.165) is 0 Å². The Labute approximate surface area is 125 Å². The van der Waals surface area contributed by atoms with E-state index in [-0.39, 0.29) is 37.7 Å². The number of esters is 3. The lowest BCUT2D eigenvalue weighted by Gasteiger charge is -2.31. The van der Waals surface area contributed by atoms with Crippen LogP contribution in [0.25, 0.3) is 0 Å². The van der Waals surface area contributed by atoms with Gasteiger partial charge in [-0.3, -0.25) is 14.4 Å². The first kappa shape index (κ1) is 17.5. The van der Waals surface area contributed by atoms with Gasteiger partial charge in [-0.15, -0.1) is 0 Å². The standard InChI is InChI=1S/C15H24O6/c1-4-19-13(16)10-7-11(14(17)20-5-2)9-12(8-10)15(18)21-6-3/h10-12H,4-9H2,1-3H3. The molecule has 0 heterocycles. The van der Waals surface area contributed by atoms with E-state index in [1.165, 1.54) is 0 Å². The van der Waals surface area contributed by atoms with Crippen molar-refractivity contribution in [2.45, 2.75) is 40.0 Å². The molecule has 0 aromatic carbocycles. The van der Waals surface area contributed by atoms with Gasteiger partial charge in [-0.05, 0) is 40.0 Å². The van der Waals surface area contributed by atoms with Crippen molar-refractivity contribution in [1.82, 2.24) is 0 Å². The molecule has 120 valence electrons. The Morgan fingerprint density at radius 3 is 1.10 bits per heavy atom. The quantitative estimate of drug-likeness (QED) is 0.549. The third-order valence-corrected chi connectivity index (χ3v) is 3.57. The number of ether oxygens (including phenoxy) is 3. The minimum atomic E-state index is -0.456. The first-order valence-electron chi connectivity index (χ1n) is 7.53. The molecule has 6 heteroatoms. The summed E-state index contributed by atoms with van der Waals surface area (Å²) >= 11 is 0. The zero-order valence-electron chi connectivity index (χ0n) is 12.9. The summed E-state index contributed by atoms with van der Waals surface area (Å²) in [5.41, 5.74) is 0. The highest BCUT2D eigenvalue weighted by atomic mass is 16.5. The summed E-state index contributed by atoms with van der Waals surface area (Å²) in [6.45, 7) is 6.03. The van der Waals surface area contributed by atoms with Crippen LogP contribution in [-0.4, -0.2) is 37.7 Å². The fourth-order valence-corrected chi connectivity index (χ4v) is 2.68. The average Bonchev–Trinajstić information content (AvgIpc) is 2.47. The Hall–Kier alpha value is -1.59. The molecule has 0 aromatic heterocycles. The monoisotopic (exact) mass is 300 g/mol. The SMILES string of the molecule is CCOC(=O)C1CC(C(=O)OCC)CC(C(=O)OCC)C1. The fraction of sp³-hybridized carbons (Fsp3) is 0.800. The zero-order chi connectivity index (χ0) is 15.8. The second-order valence-corrected chi connectivity index (χ2v) is 5.05. The molecule has 6 nitrogen and oxygen atoms in total. The molecule has 0 amide bonds. The highest BCUT2D eigenvalue weighted by Gasteiger charge is 2.40. The summed E-state index contributed by atoms with van der Waals surface area (Å²) in [5.74, 6) is -2.45. The lowest BCUT2D eigenvalue weighted by molar-refractivity contribution is -0.160.